The summed E-state index contributed by atoms with van der Waals surface area (Å²) in [5.74, 6) is -0.248. The van der Waals surface area contributed by atoms with Crippen LogP contribution in [0.1, 0.15) is 63.0 Å². The maximum atomic E-state index is 14.7. The van der Waals surface area contributed by atoms with Crippen molar-refractivity contribution in [3.8, 4) is 0 Å². The molecule has 0 heterocycles. The predicted molar refractivity (Wildman–Crippen MR) is 107 cm³/mol. The van der Waals surface area contributed by atoms with Crippen LogP contribution in [0.4, 0.5) is 8.78 Å². The van der Waals surface area contributed by atoms with Crippen LogP contribution in [0.5, 0.6) is 0 Å². The normalized spacial score (nSPS) is 21.2. The first-order valence-electron chi connectivity index (χ1n) is 9.78. The highest BCUT2D eigenvalue weighted by atomic mass is 19.2. The van der Waals surface area contributed by atoms with Crippen molar-refractivity contribution in [2.24, 2.45) is 5.92 Å². The predicted octanol–water partition coefficient (Wildman–Crippen LogP) is 7.48. The number of fused-ring (bicyclic) bond motifs is 1. The Bertz CT molecular complexity index is 809. The van der Waals surface area contributed by atoms with Gasteiger partial charge >= 0.3 is 0 Å². The van der Waals surface area contributed by atoms with Crippen molar-refractivity contribution in [1.82, 2.24) is 0 Å². The Morgan fingerprint density at radius 2 is 1.73 bits per heavy atom. The highest BCUT2D eigenvalue weighted by Crippen LogP contribution is 2.38. The van der Waals surface area contributed by atoms with Gasteiger partial charge in [-0.15, -0.1) is 0 Å². The minimum atomic E-state index is -0.692. The van der Waals surface area contributed by atoms with E-state index in [1.807, 2.05) is 37.3 Å². The molecule has 0 radical (unpaired) electrons. The molecule has 2 aromatic carbocycles. The van der Waals surface area contributed by atoms with Crippen LogP contribution in [0, 0.1) is 17.6 Å². The molecule has 1 saturated carbocycles. The summed E-state index contributed by atoms with van der Waals surface area (Å²) < 4.78 is 29.1. The third-order valence-corrected chi connectivity index (χ3v) is 5.64. The van der Waals surface area contributed by atoms with E-state index in [1.54, 1.807) is 0 Å². The second-order valence-electron chi connectivity index (χ2n) is 7.39. The Balaban J connectivity index is 1.85. The Morgan fingerprint density at radius 3 is 2.42 bits per heavy atom. The van der Waals surface area contributed by atoms with Crippen LogP contribution < -0.4 is 0 Å². The van der Waals surface area contributed by atoms with Crippen LogP contribution in [-0.4, -0.2) is 0 Å². The van der Waals surface area contributed by atoms with Gasteiger partial charge in [0.05, 0.1) is 0 Å². The van der Waals surface area contributed by atoms with Crippen LogP contribution >= 0.6 is 0 Å². The zero-order chi connectivity index (χ0) is 18.5. The highest BCUT2D eigenvalue weighted by molar-refractivity contribution is 5.85. The van der Waals surface area contributed by atoms with Gasteiger partial charge in [0.2, 0.25) is 0 Å². The maximum absolute atomic E-state index is 14.7. The Kier molecular flexibility index (Phi) is 6.24. The van der Waals surface area contributed by atoms with Gasteiger partial charge < -0.3 is 0 Å². The molecule has 138 valence electrons. The first-order chi connectivity index (χ1) is 12.6. The minimum Gasteiger partial charge on any atom is -0.203 e. The maximum Gasteiger partial charge on any atom is 0.166 e. The lowest BCUT2D eigenvalue weighted by molar-refractivity contribution is 0.376. The van der Waals surface area contributed by atoms with E-state index in [-0.39, 0.29) is 0 Å². The SMILES string of the molecule is C/C=C/CCc1cc2ccc(C3CCC(/C=C/C)CC3)cc2c(F)c1F. The monoisotopic (exact) mass is 354 g/mol. The van der Waals surface area contributed by atoms with Crippen LogP contribution in [0.3, 0.4) is 0 Å². The quantitative estimate of drug-likeness (QED) is 0.488. The van der Waals surface area contributed by atoms with Gasteiger partial charge in [-0.3, -0.25) is 0 Å². The molecule has 2 aromatic rings. The van der Waals surface area contributed by atoms with Gasteiger partial charge in [-0.2, -0.15) is 0 Å². The topological polar surface area (TPSA) is 0 Å². The van der Waals surface area contributed by atoms with Gasteiger partial charge in [-0.25, -0.2) is 8.78 Å². The van der Waals surface area contributed by atoms with Crippen molar-refractivity contribution in [3.63, 3.8) is 0 Å². The lowest BCUT2D eigenvalue weighted by Crippen LogP contribution is -2.11. The fourth-order valence-electron chi connectivity index (χ4n) is 4.16. The number of rotatable bonds is 5. The van der Waals surface area contributed by atoms with E-state index in [1.165, 1.54) is 12.8 Å². The van der Waals surface area contributed by atoms with Crippen LogP contribution in [0.15, 0.2) is 48.6 Å². The molecule has 1 aliphatic carbocycles. The molecule has 1 fully saturated rings. The second kappa shape index (κ2) is 8.62. The van der Waals surface area contributed by atoms with Gasteiger partial charge in [0.15, 0.2) is 11.6 Å². The molecule has 0 aromatic heterocycles. The van der Waals surface area contributed by atoms with Crippen LogP contribution in [0.25, 0.3) is 10.8 Å². The van der Waals surface area contributed by atoms with E-state index in [4.69, 9.17) is 0 Å². The average Bonchev–Trinajstić information content (AvgIpc) is 2.66. The Hall–Kier alpha value is -1.96. The molecule has 0 saturated heterocycles. The smallest absolute Gasteiger partial charge is 0.166 e. The van der Waals surface area contributed by atoms with E-state index in [0.29, 0.717) is 29.2 Å². The molecule has 26 heavy (non-hydrogen) atoms. The molecule has 0 N–H and O–H groups in total. The fourth-order valence-corrected chi connectivity index (χ4v) is 4.16. The van der Waals surface area contributed by atoms with Crippen molar-refractivity contribution in [3.05, 3.63) is 71.3 Å². The number of hydrogen-bond donors (Lipinski definition) is 0. The zero-order valence-corrected chi connectivity index (χ0v) is 15.8. The third-order valence-electron chi connectivity index (χ3n) is 5.64. The fraction of sp³-hybridized carbons (Fsp3) is 0.417. The first-order valence-corrected chi connectivity index (χ1v) is 9.78. The summed E-state index contributed by atoms with van der Waals surface area (Å²) in [5.41, 5.74) is 1.61. The van der Waals surface area contributed by atoms with E-state index in [0.717, 1.165) is 30.2 Å². The molecule has 0 bridgehead atoms. The van der Waals surface area contributed by atoms with Gasteiger partial charge in [-0.1, -0.05) is 36.4 Å². The van der Waals surface area contributed by atoms with Crippen molar-refractivity contribution < 1.29 is 8.78 Å². The molecule has 1 aliphatic rings. The van der Waals surface area contributed by atoms with E-state index in [9.17, 15) is 8.78 Å². The summed E-state index contributed by atoms with van der Waals surface area (Å²) in [4.78, 5) is 0. The standard InChI is InChI=1S/C24H28F2/c1-3-5-6-8-21-15-20-14-13-19(16-22(20)24(26)23(21)25)18-11-9-17(7-4-2)10-12-18/h3-5,7,13-18H,6,8-12H2,1-2H3/b5-3+,7-4+. The van der Waals surface area contributed by atoms with E-state index in [2.05, 4.69) is 25.1 Å². The first kappa shape index (κ1) is 18.8. The average molecular weight is 354 g/mol. The zero-order valence-electron chi connectivity index (χ0n) is 15.8. The summed E-state index contributed by atoms with van der Waals surface area (Å²) >= 11 is 0. The van der Waals surface area contributed by atoms with E-state index < -0.39 is 11.6 Å². The molecule has 0 nitrogen and oxygen atoms in total. The van der Waals surface area contributed by atoms with E-state index >= 15 is 0 Å². The van der Waals surface area contributed by atoms with Gasteiger partial charge in [0.25, 0.3) is 0 Å². The van der Waals surface area contributed by atoms with Crippen LogP contribution in [0.2, 0.25) is 0 Å². The summed E-state index contributed by atoms with van der Waals surface area (Å²) in [6.07, 6.45) is 14.2. The Labute approximate surface area is 155 Å². The molecule has 0 spiro atoms. The minimum absolute atomic E-state index is 0.422. The highest BCUT2D eigenvalue weighted by Gasteiger charge is 2.22. The molecule has 0 amide bonds. The van der Waals surface area contributed by atoms with Crippen LogP contribution in [-0.2, 0) is 6.42 Å². The molecule has 2 heteroatoms. The summed E-state index contributed by atoms with van der Waals surface area (Å²) in [7, 11) is 0. The molecule has 3 rings (SSSR count). The number of halogens is 2. The third kappa shape index (κ3) is 4.06. The lowest BCUT2D eigenvalue weighted by Gasteiger charge is -2.27. The summed E-state index contributed by atoms with van der Waals surface area (Å²) in [6.45, 7) is 4.00. The van der Waals surface area contributed by atoms with Crippen molar-refractivity contribution >= 4 is 10.8 Å². The van der Waals surface area contributed by atoms with Gasteiger partial charge in [0.1, 0.15) is 0 Å². The number of hydrogen-bond acceptors (Lipinski definition) is 0. The number of aryl methyl sites for hydroxylation is 1. The molecule has 0 aliphatic heterocycles. The number of allylic oxidation sites excluding steroid dienone is 4. The number of benzene rings is 2. The molecular formula is C24H28F2. The second-order valence-corrected chi connectivity index (χ2v) is 7.39. The van der Waals surface area contributed by atoms with Crippen molar-refractivity contribution in [2.45, 2.75) is 58.3 Å². The van der Waals surface area contributed by atoms with Gasteiger partial charge in [-0.05, 0) is 92.9 Å². The largest absolute Gasteiger partial charge is 0.203 e. The summed E-state index contributed by atoms with van der Waals surface area (Å²) in [5, 5.41) is 1.22. The lowest BCUT2D eigenvalue weighted by atomic mass is 9.78. The molecule has 0 atom stereocenters. The van der Waals surface area contributed by atoms with Crippen molar-refractivity contribution in [1.29, 1.82) is 0 Å². The molecular weight excluding hydrogens is 326 g/mol. The van der Waals surface area contributed by atoms with Crippen molar-refractivity contribution in [2.75, 3.05) is 0 Å². The Morgan fingerprint density at radius 1 is 0.962 bits per heavy atom. The van der Waals surface area contributed by atoms with Gasteiger partial charge in [0, 0.05) is 5.39 Å². The summed E-state index contributed by atoms with van der Waals surface area (Å²) in [6, 6.07) is 7.76. The molecule has 0 unspecified atom stereocenters.